The van der Waals surface area contributed by atoms with Crippen molar-refractivity contribution in [3.8, 4) is 0 Å². The maximum atomic E-state index is 11.3. The molecule has 1 saturated carbocycles. The van der Waals surface area contributed by atoms with Crippen LogP contribution < -0.4 is 0 Å². The summed E-state index contributed by atoms with van der Waals surface area (Å²) in [5, 5.41) is 11.3. The zero-order valence-electron chi connectivity index (χ0n) is 8.33. The first-order valence-electron chi connectivity index (χ1n) is 5.09. The Morgan fingerprint density at radius 1 is 1.53 bits per heavy atom. The van der Waals surface area contributed by atoms with Crippen molar-refractivity contribution in [2.75, 3.05) is 0 Å². The molecule has 0 spiro atoms. The molecule has 1 aromatic heterocycles. The van der Waals surface area contributed by atoms with Gasteiger partial charge in [-0.3, -0.25) is 4.79 Å². The Morgan fingerprint density at radius 2 is 2.20 bits per heavy atom. The minimum atomic E-state index is -0.651. The third kappa shape index (κ3) is 2.18. The minimum Gasteiger partial charge on any atom is -0.481 e. The summed E-state index contributed by atoms with van der Waals surface area (Å²) in [5.41, 5.74) is 0.541. The van der Waals surface area contributed by atoms with E-state index in [1.807, 2.05) is 11.4 Å². The van der Waals surface area contributed by atoms with Crippen LogP contribution in [-0.4, -0.2) is 11.1 Å². The van der Waals surface area contributed by atoms with Gasteiger partial charge in [0.15, 0.2) is 0 Å². The zero-order valence-corrected chi connectivity index (χ0v) is 9.90. The number of aliphatic carboxylic acids is 1. The van der Waals surface area contributed by atoms with E-state index in [2.05, 4.69) is 0 Å². The fourth-order valence-electron chi connectivity index (χ4n) is 2.35. The highest BCUT2D eigenvalue weighted by molar-refractivity contribution is 7.14. The van der Waals surface area contributed by atoms with Crippen molar-refractivity contribution in [3.63, 3.8) is 0 Å². The Bertz CT molecular complexity index is 366. The maximum Gasteiger partial charge on any atom is 0.309 e. The van der Waals surface area contributed by atoms with Gasteiger partial charge in [-0.2, -0.15) is 0 Å². The molecule has 15 heavy (non-hydrogen) atoms. The lowest BCUT2D eigenvalue weighted by molar-refractivity contribution is -0.148. The highest BCUT2D eigenvalue weighted by atomic mass is 35.5. The monoisotopic (exact) mass is 244 g/mol. The lowest BCUT2D eigenvalue weighted by atomic mass is 9.81. The highest BCUT2D eigenvalue weighted by Crippen LogP contribution is 2.42. The van der Waals surface area contributed by atoms with Crippen LogP contribution >= 0.6 is 22.9 Å². The van der Waals surface area contributed by atoms with Crippen LogP contribution in [0.3, 0.4) is 0 Å². The van der Waals surface area contributed by atoms with Crippen molar-refractivity contribution in [1.29, 1.82) is 0 Å². The fourth-order valence-corrected chi connectivity index (χ4v) is 3.26. The van der Waals surface area contributed by atoms with Crippen molar-refractivity contribution in [2.45, 2.75) is 32.1 Å². The average Bonchev–Trinajstić information content (AvgIpc) is 2.77. The van der Waals surface area contributed by atoms with Crippen molar-refractivity contribution in [2.24, 2.45) is 5.41 Å². The molecule has 82 valence electrons. The van der Waals surface area contributed by atoms with Gasteiger partial charge in [0.1, 0.15) is 0 Å². The largest absolute Gasteiger partial charge is 0.481 e. The first kappa shape index (κ1) is 11.0. The van der Waals surface area contributed by atoms with Crippen molar-refractivity contribution in [3.05, 3.63) is 21.3 Å². The van der Waals surface area contributed by atoms with Crippen LogP contribution in [0.5, 0.6) is 0 Å². The van der Waals surface area contributed by atoms with Gasteiger partial charge in [-0.25, -0.2) is 0 Å². The molecule has 4 heteroatoms. The van der Waals surface area contributed by atoms with Crippen LogP contribution in [0.25, 0.3) is 0 Å². The first-order valence-corrected chi connectivity index (χ1v) is 6.34. The molecule has 1 aliphatic carbocycles. The van der Waals surface area contributed by atoms with Gasteiger partial charge in [0.2, 0.25) is 0 Å². The quantitative estimate of drug-likeness (QED) is 0.882. The molecule has 0 atom stereocenters. The van der Waals surface area contributed by atoms with Crippen molar-refractivity contribution < 1.29 is 9.90 Å². The minimum absolute atomic E-state index is 0.523. The molecule has 1 aliphatic rings. The van der Waals surface area contributed by atoms with E-state index < -0.39 is 11.4 Å². The van der Waals surface area contributed by atoms with E-state index in [0.29, 0.717) is 6.42 Å². The lowest BCUT2D eigenvalue weighted by Crippen LogP contribution is -2.29. The fraction of sp³-hybridized carbons (Fsp3) is 0.545. The summed E-state index contributed by atoms with van der Waals surface area (Å²) in [7, 11) is 0. The maximum absolute atomic E-state index is 11.3. The molecule has 1 aromatic rings. The predicted molar refractivity (Wildman–Crippen MR) is 61.6 cm³/mol. The summed E-state index contributed by atoms with van der Waals surface area (Å²) in [6.45, 7) is 0. The van der Waals surface area contributed by atoms with Gasteiger partial charge in [-0.1, -0.05) is 24.4 Å². The number of halogens is 1. The Morgan fingerprint density at radius 3 is 2.67 bits per heavy atom. The van der Waals surface area contributed by atoms with Gasteiger partial charge in [0, 0.05) is 0 Å². The van der Waals surface area contributed by atoms with E-state index in [0.717, 1.165) is 35.6 Å². The standard InChI is InChI=1S/C11H13ClO2S/c12-9-5-8(7-15-9)6-11(10(13)14)3-1-2-4-11/h5,7H,1-4,6H2,(H,13,14). The van der Waals surface area contributed by atoms with E-state index in [1.165, 1.54) is 11.3 Å². The molecule has 0 saturated heterocycles. The topological polar surface area (TPSA) is 37.3 Å². The van der Waals surface area contributed by atoms with Gasteiger partial charge in [0.05, 0.1) is 9.75 Å². The van der Waals surface area contributed by atoms with Gasteiger partial charge < -0.3 is 5.11 Å². The van der Waals surface area contributed by atoms with Crippen LogP contribution in [0.15, 0.2) is 11.4 Å². The number of hydrogen-bond donors (Lipinski definition) is 1. The molecule has 1 N–H and O–H groups in total. The van der Waals surface area contributed by atoms with Crippen LogP contribution in [-0.2, 0) is 11.2 Å². The third-order valence-electron chi connectivity index (χ3n) is 3.18. The van der Waals surface area contributed by atoms with Gasteiger partial charge in [0.25, 0.3) is 0 Å². The Balaban J connectivity index is 2.17. The SMILES string of the molecule is O=C(O)C1(Cc2csc(Cl)c2)CCCC1. The average molecular weight is 245 g/mol. The number of carboxylic acid groups (broad SMARTS) is 1. The summed E-state index contributed by atoms with van der Waals surface area (Å²) in [4.78, 5) is 11.3. The van der Waals surface area contributed by atoms with Gasteiger partial charge in [-0.05, 0) is 36.3 Å². The molecule has 0 unspecified atom stereocenters. The Hall–Kier alpha value is -0.540. The number of hydrogen-bond acceptors (Lipinski definition) is 2. The van der Waals surface area contributed by atoms with E-state index in [9.17, 15) is 9.90 Å². The second-order valence-electron chi connectivity index (χ2n) is 4.23. The van der Waals surface area contributed by atoms with Crippen LogP contribution in [0.4, 0.5) is 0 Å². The highest BCUT2D eigenvalue weighted by Gasteiger charge is 2.41. The molecular weight excluding hydrogens is 232 g/mol. The summed E-state index contributed by atoms with van der Waals surface area (Å²) < 4.78 is 0.739. The first-order chi connectivity index (χ1) is 7.12. The second-order valence-corrected chi connectivity index (χ2v) is 5.77. The van der Waals surface area contributed by atoms with Crippen LogP contribution in [0.1, 0.15) is 31.2 Å². The molecule has 2 nitrogen and oxygen atoms in total. The molecular formula is C11H13ClO2S. The van der Waals surface area contributed by atoms with Crippen LogP contribution in [0.2, 0.25) is 4.34 Å². The predicted octanol–water partition coefficient (Wildman–Crippen LogP) is 3.59. The van der Waals surface area contributed by atoms with Crippen LogP contribution in [0, 0.1) is 5.41 Å². The molecule has 1 heterocycles. The lowest BCUT2D eigenvalue weighted by Gasteiger charge is -2.22. The molecule has 2 rings (SSSR count). The van der Waals surface area contributed by atoms with E-state index in [4.69, 9.17) is 11.6 Å². The zero-order chi connectivity index (χ0) is 10.9. The van der Waals surface area contributed by atoms with E-state index in [-0.39, 0.29) is 0 Å². The van der Waals surface area contributed by atoms with E-state index >= 15 is 0 Å². The number of carbonyl (C=O) groups is 1. The summed E-state index contributed by atoms with van der Waals surface area (Å²) in [6.07, 6.45) is 4.30. The summed E-state index contributed by atoms with van der Waals surface area (Å²) >= 11 is 7.31. The van der Waals surface area contributed by atoms with E-state index in [1.54, 1.807) is 0 Å². The van der Waals surface area contributed by atoms with Crippen molar-refractivity contribution in [1.82, 2.24) is 0 Å². The summed E-state index contributed by atoms with van der Waals surface area (Å²) in [5.74, 6) is -0.651. The molecule has 0 aromatic carbocycles. The van der Waals surface area contributed by atoms with Gasteiger partial charge in [-0.15, -0.1) is 11.3 Å². The summed E-state index contributed by atoms with van der Waals surface area (Å²) in [6, 6.07) is 1.88. The smallest absolute Gasteiger partial charge is 0.309 e. The molecule has 1 fully saturated rings. The van der Waals surface area contributed by atoms with Crippen molar-refractivity contribution >= 4 is 28.9 Å². The number of carboxylic acids is 1. The molecule has 0 amide bonds. The normalized spacial score (nSPS) is 19.3. The Kier molecular flexibility index (Phi) is 3.03. The molecule has 0 bridgehead atoms. The number of rotatable bonds is 3. The second kappa shape index (κ2) is 4.14. The molecule has 0 aliphatic heterocycles. The molecule has 0 radical (unpaired) electrons. The van der Waals surface area contributed by atoms with Gasteiger partial charge >= 0.3 is 5.97 Å². The number of thiophene rings is 1. The third-order valence-corrected chi connectivity index (χ3v) is 4.32. The Labute approximate surface area is 97.9 Å².